The topological polar surface area (TPSA) is 20.2 Å². The van der Waals surface area contributed by atoms with Crippen LogP contribution in [0.2, 0.25) is 0 Å². The van der Waals surface area contributed by atoms with Crippen molar-refractivity contribution in [3.05, 3.63) is 6.42 Å². The van der Waals surface area contributed by atoms with Crippen LogP contribution >= 0.6 is 0 Å². The minimum Gasteiger partial charge on any atom is -0.425 e. The van der Waals surface area contributed by atoms with Crippen LogP contribution in [0.4, 0.5) is 0 Å². The van der Waals surface area contributed by atoms with E-state index in [1.807, 2.05) is 6.92 Å². The van der Waals surface area contributed by atoms with Gasteiger partial charge in [0.05, 0.1) is 0 Å². The first kappa shape index (κ1) is 10.1. The zero-order valence-electron chi connectivity index (χ0n) is 4.18. The van der Waals surface area contributed by atoms with Crippen LogP contribution in [0.3, 0.4) is 0 Å². The number of hydrogen-bond donors (Lipinski definition) is 1. The molecule has 0 aromatic heterocycles. The second-order valence-electron chi connectivity index (χ2n) is 1.07. The summed E-state index contributed by atoms with van der Waals surface area (Å²) in [5, 5.41) is 8.31. The Balaban J connectivity index is 0. The molecule has 0 bridgehead atoms. The number of hydrogen-bond acceptors (Lipinski definition) is 1. The third kappa shape index (κ3) is 8.91. The van der Waals surface area contributed by atoms with E-state index >= 15 is 0 Å². The summed E-state index contributed by atoms with van der Waals surface area (Å²) in [7, 11) is 0. The quantitative estimate of drug-likeness (QED) is 0.559. The predicted octanol–water partition coefficient (Wildman–Crippen LogP) is 0.589. The van der Waals surface area contributed by atoms with Gasteiger partial charge < -0.3 is 11.5 Å². The molecule has 0 radical (unpaired) electrons. The van der Waals surface area contributed by atoms with Gasteiger partial charge in [0, 0.05) is 0 Å². The van der Waals surface area contributed by atoms with Gasteiger partial charge in [-0.2, -0.15) is 6.92 Å². The number of aliphatic hydroxyl groups excluding tert-OH is 1. The van der Waals surface area contributed by atoms with E-state index in [0.29, 0.717) is 0 Å². The maximum Gasteiger partial charge on any atom is 3.00 e. The fourth-order valence-corrected chi connectivity index (χ4v) is 0. The van der Waals surface area contributed by atoms with Crippen LogP contribution in [-0.4, -0.2) is 11.2 Å². The van der Waals surface area contributed by atoms with E-state index in [1.165, 1.54) is 0 Å². The van der Waals surface area contributed by atoms with Gasteiger partial charge in [-0.25, -0.2) is 0 Å². The van der Waals surface area contributed by atoms with E-state index in [9.17, 15) is 0 Å². The van der Waals surface area contributed by atoms with Crippen molar-refractivity contribution < 1.29 is 37.8 Å². The monoisotopic (exact) mass is 162 g/mol. The molecule has 0 amide bonds. The molecule has 0 aliphatic heterocycles. The third-order valence-electron chi connectivity index (χ3n) is 0.482. The summed E-state index contributed by atoms with van der Waals surface area (Å²) in [5.74, 6) is 0. The molecule has 0 rings (SSSR count). The first-order valence-corrected chi connectivity index (χ1v) is 1.75. The van der Waals surface area contributed by atoms with Crippen LogP contribution in [-0.2, 0) is 32.7 Å². The largest absolute Gasteiger partial charge is 3.00 e. The smallest absolute Gasteiger partial charge is 0.425 e. The van der Waals surface area contributed by atoms with Gasteiger partial charge in [0.1, 0.15) is 0 Å². The first-order chi connectivity index (χ1) is 2.27. The SMILES string of the molecule is C[CH-]C(C)O.[Y+3]. The molecule has 0 spiro atoms. The molecule has 6 heavy (non-hydrogen) atoms. The molecule has 1 unspecified atom stereocenters. The van der Waals surface area contributed by atoms with Gasteiger partial charge in [0.2, 0.25) is 0 Å². The molecule has 0 aromatic rings. The Kier molecular flexibility index (Phi) is 10.2. The summed E-state index contributed by atoms with van der Waals surface area (Å²) in [6, 6.07) is 0. The predicted molar refractivity (Wildman–Crippen MR) is 21.7 cm³/mol. The maximum atomic E-state index is 8.31. The Morgan fingerprint density at radius 3 is 1.83 bits per heavy atom. The first-order valence-electron chi connectivity index (χ1n) is 1.75. The van der Waals surface area contributed by atoms with Crippen molar-refractivity contribution >= 4 is 0 Å². The molecule has 1 atom stereocenters. The standard InChI is InChI=1S/C4H9O.Y/c1-3-4(2)5;/h3-5H,1-2H3;/q-1;+3. The normalized spacial score (nSPS) is 12.5. The van der Waals surface area contributed by atoms with Gasteiger partial charge in [-0.1, -0.05) is 13.0 Å². The summed E-state index contributed by atoms with van der Waals surface area (Å²) in [6.07, 6.45) is 1.48. The van der Waals surface area contributed by atoms with Crippen LogP contribution in [0.1, 0.15) is 13.8 Å². The van der Waals surface area contributed by atoms with Crippen LogP contribution in [0.5, 0.6) is 0 Å². The molecule has 1 N–H and O–H groups in total. The molecular weight excluding hydrogens is 153 g/mol. The Bertz CT molecular complexity index is 21.5. The zero-order chi connectivity index (χ0) is 4.28. The minimum absolute atomic E-state index is 0. The Morgan fingerprint density at radius 1 is 1.67 bits per heavy atom. The molecular formula is C4H9OY+2. The summed E-state index contributed by atoms with van der Waals surface area (Å²) in [5.41, 5.74) is 0. The van der Waals surface area contributed by atoms with Gasteiger partial charge in [0.25, 0.3) is 0 Å². The van der Waals surface area contributed by atoms with Crippen LogP contribution in [0.15, 0.2) is 0 Å². The fraction of sp³-hybridized carbons (Fsp3) is 0.750. The second kappa shape index (κ2) is 6.06. The Hall–Kier alpha value is 1.06. The molecule has 32 valence electrons. The van der Waals surface area contributed by atoms with Crippen LogP contribution in [0.25, 0.3) is 0 Å². The second-order valence-corrected chi connectivity index (χ2v) is 1.07. The molecule has 0 aliphatic carbocycles. The van der Waals surface area contributed by atoms with Gasteiger partial charge >= 0.3 is 32.7 Å². The van der Waals surface area contributed by atoms with Crippen molar-refractivity contribution in [2.75, 3.05) is 0 Å². The van der Waals surface area contributed by atoms with Crippen molar-refractivity contribution in [1.29, 1.82) is 0 Å². The van der Waals surface area contributed by atoms with Crippen molar-refractivity contribution in [3.63, 3.8) is 0 Å². The molecule has 0 saturated heterocycles. The summed E-state index contributed by atoms with van der Waals surface area (Å²) >= 11 is 0. The Labute approximate surface area is 64.0 Å². The molecule has 0 fully saturated rings. The van der Waals surface area contributed by atoms with Crippen molar-refractivity contribution in [1.82, 2.24) is 0 Å². The molecule has 0 heterocycles. The van der Waals surface area contributed by atoms with Gasteiger partial charge in [-0.05, 0) is 0 Å². The van der Waals surface area contributed by atoms with E-state index in [2.05, 4.69) is 0 Å². The summed E-state index contributed by atoms with van der Waals surface area (Å²) in [4.78, 5) is 0. The van der Waals surface area contributed by atoms with Crippen molar-refractivity contribution in [2.45, 2.75) is 20.0 Å². The summed E-state index contributed by atoms with van der Waals surface area (Å²) in [6.45, 7) is 3.55. The molecule has 0 saturated carbocycles. The average Bonchev–Trinajstić information content (AvgIpc) is 1.38. The minimum atomic E-state index is -0.241. The zero-order valence-corrected chi connectivity index (χ0v) is 7.02. The van der Waals surface area contributed by atoms with Crippen molar-refractivity contribution in [2.24, 2.45) is 0 Å². The average molecular weight is 162 g/mol. The molecule has 1 nitrogen and oxygen atoms in total. The van der Waals surface area contributed by atoms with Crippen LogP contribution < -0.4 is 0 Å². The van der Waals surface area contributed by atoms with E-state index in [1.54, 1.807) is 13.3 Å². The number of aliphatic hydroxyl groups is 1. The van der Waals surface area contributed by atoms with Gasteiger partial charge in [-0.3, -0.25) is 0 Å². The van der Waals surface area contributed by atoms with E-state index in [-0.39, 0.29) is 38.8 Å². The van der Waals surface area contributed by atoms with E-state index in [0.717, 1.165) is 0 Å². The number of rotatable bonds is 1. The van der Waals surface area contributed by atoms with E-state index < -0.39 is 0 Å². The molecule has 0 aliphatic rings. The maximum absolute atomic E-state index is 8.31. The fourth-order valence-electron chi connectivity index (χ4n) is 0. The van der Waals surface area contributed by atoms with Gasteiger partial charge in [0.15, 0.2) is 0 Å². The third-order valence-corrected chi connectivity index (χ3v) is 0.482. The molecule has 0 aromatic carbocycles. The summed E-state index contributed by atoms with van der Waals surface area (Å²) < 4.78 is 0. The van der Waals surface area contributed by atoms with Gasteiger partial charge in [-0.15, -0.1) is 0 Å². The van der Waals surface area contributed by atoms with E-state index in [4.69, 9.17) is 5.11 Å². The Morgan fingerprint density at radius 2 is 1.83 bits per heavy atom. The van der Waals surface area contributed by atoms with Crippen molar-refractivity contribution in [3.8, 4) is 0 Å². The molecule has 2 heteroatoms. The van der Waals surface area contributed by atoms with Crippen LogP contribution in [0, 0.1) is 6.42 Å².